The molecule has 1 N–H and O–H groups in total. The number of hydrogen-bond donors (Lipinski definition) is 1. The first-order chi connectivity index (χ1) is 12.2. The van der Waals surface area contributed by atoms with Crippen LogP contribution >= 0.6 is 0 Å². The summed E-state index contributed by atoms with van der Waals surface area (Å²) < 4.78 is 0. The van der Waals surface area contributed by atoms with Gasteiger partial charge in [0.25, 0.3) is 5.91 Å². The lowest BCUT2D eigenvalue weighted by atomic mass is 9.84. The number of likely N-dealkylation sites (N-methyl/N-ethyl adjacent to an activating group) is 1. The van der Waals surface area contributed by atoms with Crippen LogP contribution in [0.15, 0.2) is 30.3 Å². The topological polar surface area (TPSA) is 57.6 Å². The van der Waals surface area contributed by atoms with Crippen molar-refractivity contribution in [2.75, 3.05) is 11.4 Å². The summed E-state index contributed by atoms with van der Waals surface area (Å²) in [7, 11) is 0. The molecule has 1 amide bonds. The number of rotatable bonds is 4. The molecule has 136 valence electrons. The minimum atomic E-state index is -1.81. The van der Waals surface area contributed by atoms with Crippen LogP contribution in [0.2, 0.25) is 0 Å². The standard InChI is InChI=1S/C22H25NO3/c1-6-23-18-10-8-7-9-17(18)22(26,21(23)25)12-19(24)20-15(4)13(2)11-14(3)16(20)5/h7-11,26H,6,12H2,1-5H3. The summed E-state index contributed by atoms with van der Waals surface area (Å²) >= 11 is 0. The Morgan fingerprint density at radius 1 is 1.08 bits per heavy atom. The van der Waals surface area contributed by atoms with Crippen LogP contribution in [0.1, 0.15) is 51.5 Å². The Morgan fingerprint density at radius 2 is 1.65 bits per heavy atom. The Morgan fingerprint density at radius 3 is 2.23 bits per heavy atom. The number of aryl methyl sites for hydroxylation is 2. The number of amides is 1. The lowest BCUT2D eigenvalue weighted by molar-refractivity contribution is -0.135. The van der Waals surface area contributed by atoms with Crippen LogP contribution in [0.3, 0.4) is 0 Å². The lowest BCUT2D eigenvalue weighted by Gasteiger charge is -2.23. The Hall–Kier alpha value is -2.46. The SMILES string of the molecule is CCN1C(=O)C(O)(CC(=O)c2c(C)c(C)cc(C)c2C)c2ccccc21. The second-order valence-electron chi connectivity index (χ2n) is 7.16. The molecule has 1 heterocycles. The quantitative estimate of drug-likeness (QED) is 0.854. The van der Waals surface area contributed by atoms with Crippen molar-refractivity contribution in [3.8, 4) is 0 Å². The fourth-order valence-corrected chi connectivity index (χ4v) is 3.95. The number of carbonyl (C=O) groups excluding carboxylic acids is 2. The number of aliphatic hydroxyl groups is 1. The molecule has 4 nitrogen and oxygen atoms in total. The molecule has 1 atom stereocenters. The van der Waals surface area contributed by atoms with Crippen LogP contribution in [-0.4, -0.2) is 23.3 Å². The van der Waals surface area contributed by atoms with Gasteiger partial charge in [0.1, 0.15) is 0 Å². The first-order valence-corrected chi connectivity index (χ1v) is 8.96. The molecule has 3 rings (SSSR count). The highest BCUT2D eigenvalue weighted by Crippen LogP contribution is 2.43. The van der Waals surface area contributed by atoms with E-state index in [1.54, 1.807) is 17.0 Å². The van der Waals surface area contributed by atoms with E-state index in [0.29, 0.717) is 23.4 Å². The van der Waals surface area contributed by atoms with Crippen molar-refractivity contribution in [1.29, 1.82) is 0 Å². The van der Waals surface area contributed by atoms with E-state index in [1.165, 1.54) is 0 Å². The molecule has 0 radical (unpaired) electrons. The third kappa shape index (κ3) is 2.56. The summed E-state index contributed by atoms with van der Waals surface area (Å²) in [5.74, 6) is -0.621. The smallest absolute Gasteiger partial charge is 0.264 e. The molecule has 0 bridgehead atoms. The molecule has 0 aromatic heterocycles. The van der Waals surface area contributed by atoms with E-state index >= 15 is 0 Å². The molecule has 0 saturated carbocycles. The first kappa shape index (κ1) is 18.3. The van der Waals surface area contributed by atoms with E-state index < -0.39 is 11.5 Å². The molecule has 2 aromatic rings. The van der Waals surface area contributed by atoms with Crippen LogP contribution in [0.5, 0.6) is 0 Å². The number of anilines is 1. The Bertz CT molecular complexity index is 890. The van der Waals surface area contributed by atoms with Crippen molar-refractivity contribution >= 4 is 17.4 Å². The second kappa shape index (κ2) is 6.36. The summed E-state index contributed by atoms with van der Waals surface area (Å²) in [5.41, 5.74) is 3.91. The number of ketones is 1. The number of fused-ring (bicyclic) bond motifs is 1. The Labute approximate surface area is 154 Å². The lowest BCUT2D eigenvalue weighted by Crippen LogP contribution is -2.42. The molecule has 4 heteroatoms. The van der Waals surface area contributed by atoms with Gasteiger partial charge < -0.3 is 10.0 Å². The highest BCUT2D eigenvalue weighted by molar-refractivity contribution is 6.11. The maximum absolute atomic E-state index is 13.2. The van der Waals surface area contributed by atoms with E-state index in [4.69, 9.17) is 0 Å². The van der Waals surface area contributed by atoms with Crippen molar-refractivity contribution in [3.63, 3.8) is 0 Å². The number of nitrogens with zero attached hydrogens (tertiary/aromatic N) is 1. The van der Waals surface area contributed by atoms with E-state index in [1.807, 2.05) is 46.8 Å². The monoisotopic (exact) mass is 351 g/mol. The predicted molar refractivity (Wildman–Crippen MR) is 103 cm³/mol. The summed E-state index contributed by atoms with van der Waals surface area (Å²) in [4.78, 5) is 27.6. The van der Waals surface area contributed by atoms with E-state index in [0.717, 1.165) is 22.3 Å². The summed E-state index contributed by atoms with van der Waals surface area (Å²) in [5, 5.41) is 11.3. The molecule has 1 aliphatic rings. The molecular weight excluding hydrogens is 326 g/mol. The number of Topliss-reactive ketones (excluding diaryl/α,β-unsaturated/α-hetero) is 1. The van der Waals surface area contributed by atoms with Crippen molar-refractivity contribution in [1.82, 2.24) is 0 Å². The third-order valence-corrected chi connectivity index (χ3v) is 5.62. The molecule has 2 aromatic carbocycles. The molecule has 0 spiro atoms. The molecule has 1 aliphatic heterocycles. The van der Waals surface area contributed by atoms with Gasteiger partial charge in [0.2, 0.25) is 0 Å². The van der Waals surface area contributed by atoms with Gasteiger partial charge in [-0.15, -0.1) is 0 Å². The van der Waals surface area contributed by atoms with Gasteiger partial charge in [-0.05, 0) is 62.9 Å². The van der Waals surface area contributed by atoms with Crippen LogP contribution in [-0.2, 0) is 10.4 Å². The summed E-state index contributed by atoms with van der Waals surface area (Å²) in [6.07, 6.45) is -0.246. The van der Waals surface area contributed by atoms with Gasteiger partial charge in [0.05, 0.1) is 12.1 Å². The molecule has 0 aliphatic carbocycles. The molecule has 1 unspecified atom stereocenters. The summed E-state index contributed by atoms with van der Waals surface area (Å²) in [6.45, 7) is 10.1. The number of benzene rings is 2. The van der Waals surface area contributed by atoms with Crippen molar-refractivity contribution in [2.24, 2.45) is 0 Å². The van der Waals surface area contributed by atoms with Crippen LogP contribution in [0.25, 0.3) is 0 Å². The summed E-state index contributed by atoms with van der Waals surface area (Å²) in [6, 6.07) is 9.23. The Kier molecular flexibility index (Phi) is 4.49. The van der Waals surface area contributed by atoms with Gasteiger partial charge in [0.15, 0.2) is 11.4 Å². The number of carbonyl (C=O) groups is 2. The molecular formula is C22H25NO3. The highest BCUT2D eigenvalue weighted by atomic mass is 16.3. The zero-order valence-corrected chi connectivity index (χ0v) is 16.0. The molecule has 0 saturated heterocycles. The minimum Gasteiger partial charge on any atom is -0.375 e. The van der Waals surface area contributed by atoms with E-state index in [2.05, 4.69) is 6.07 Å². The maximum atomic E-state index is 13.2. The molecule has 26 heavy (non-hydrogen) atoms. The van der Waals surface area contributed by atoms with Gasteiger partial charge in [-0.25, -0.2) is 0 Å². The van der Waals surface area contributed by atoms with Gasteiger partial charge in [-0.2, -0.15) is 0 Å². The largest absolute Gasteiger partial charge is 0.375 e. The number of hydrogen-bond acceptors (Lipinski definition) is 3. The van der Waals surface area contributed by atoms with E-state index in [-0.39, 0.29) is 12.2 Å². The van der Waals surface area contributed by atoms with Gasteiger partial charge in [-0.3, -0.25) is 9.59 Å². The fraction of sp³-hybridized carbons (Fsp3) is 0.364. The van der Waals surface area contributed by atoms with Gasteiger partial charge in [-0.1, -0.05) is 24.3 Å². The van der Waals surface area contributed by atoms with Crippen molar-refractivity contribution < 1.29 is 14.7 Å². The average Bonchev–Trinajstić information content (AvgIpc) is 2.81. The van der Waals surface area contributed by atoms with Gasteiger partial charge >= 0.3 is 0 Å². The van der Waals surface area contributed by atoms with Crippen LogP contribution < -0.4 is 4.90 Å². The zero-order chi connectivity index (χ0) is 19.2. The van der Waals surface area contributed by atoms with Crippen molar-refractivity contribution in [3.05, 3.63) is 63.7 Å². The highest BCUT2D eigenvalue weighted by Gasteiger charge is 2.50. The van der Waals surface area contributed by atoms with Gasteiger partial charge in [0, 0.05) is 17.7 Å². The predicted octanol–water partition coefficient (Wildman–Crippen LogP) is 3.75. The van der Waals surface area contributed by atoms with Crippen LogP contribution in [0, 0.1) is 27.7 Å². The second-order valence-corrected chi connectivity index (χ2v) is 7.16. The van der Waals surface area contributed by atoms with E-state index in [9.17, 15) is 14.7 Å². The fourth-order valence-electron chi connectivity index (χ4n) is 3.95. The first-order valence-electron chi connectivity index (χ1n) is 8.96. The molecule has 0 fully saturated rings. The maximum Gasteiger partial charge on any atom is 0.264 e. The Balaban J connectivity index is 2.07. The van der Waals surface area contributed by atoms with Crippen molar-refractivity contribution in [2.45, 2.75) is 46.6 Å². The minimum absolute atomic E-state index is 0.199. The normalized spacial score (nSPS) is 19.0. The average molecular weight is 351 g/mol. The zero-order valence-electron chi connectivity index (χ0n) is 16.0. The van der Waals surface area contributed by atoms with Crippen LogP contribution in [0.4, 0.5) is 5.69 Å². The third-order valence-electron chi connectivity index (χ3n) is 5.62. The number of para-hydroxylation sites is 1.